The van der Waals surface area contributed by atoms with Gasteiger partial charge in [-0.25, -0.2) is 4.39 Å². The van der Waals surface area contributed by atoms with Crippen LogP contribution < -0.4 is 0 Å². The van der Waals surface area contributed by atoms with Crippen LogP contribution in [0, 0.1) is 18.7 Å². The lowest BCUT2D eigenvalue weighted by atomic mass is 10.0. The first kappa shape index (κ1) is 16.7. The van der Waals surface area contributed by atoms with Gasteiger partial charge in [0.15, 0.2) is 0 Å². The van der Waals surface area contributed by atoms with Crippen molar-refractivity contribution >= 4 is 23.2 Å². The predicted octanol–water partition coefficient (Wildman–Crippen LogP) is 3.20. The maximum atomic E-state index is 13.6. The van der Waals surface area contributed by atoms with Crippen molar-refractivity contribution in [1.29, 1.82) is 0 Å². The standard InChI is InChI=1S/C16H18Cl2FN3O/c1-9-2-12(21-20-9)3-11-7-22(8-16(11)23)6-10-4-15(19)14(18)5-13(10)17/h2,4-5,11,16,23H,3,6-8H2,1H3,(H,20,21)/t11-,16-/m1/s1. The number of likely N-dealkylation sites (tertiary alicyclic amines) is 1. The van der Waals surface area contributed by atoms with Gasteiger partial charge in [0, 0.05) is 36.3 Å². The quantitative estimate of drug-likeness (QED) is 0.826. The summed E-state index contributed by atoms with van der Waals surface area (Å²) in [5.74, 6) is -0.372. The summed E-state index contributed by atoms with van der Waals surface area (Å²) >= 11 is 11.8. The molecule has 1 aromatic heterocycles. The Morgan fingerprint density at radius 1 is 1.30 bits per heavy atom. The Morgan fingerprint density at radius 3 is 2.78 bits per heavy atom. The summed E-state index contributed by atoms with van der Waals surface area (Å²) in [5.41, 5.74) is 2.63. The maximum absolute atomic E-state index is 13.6. The number of benzene rings is 1. The van der Waals surface area contributed by atoms with Gasteiger partial charge < -0.3 is 5.11 Å². The van der Waals surface area contributed by atoms with Crippen LogP contribution >= 0.6 is 23.2 Å². The molecule has 1 fully saturated rings. The molecule has 0 radical (unpaired) electrons. The third-order valence-electron chi connectivity index (χ3n) is 4.20. The molecule has 2 aromatic rings. The van der Waals surface area contributed by atoms with Crippen molar-refractivity contribution < 1.29 is 9.50 Å². The van der Waals surface area contributed by atoms with Gasteiger partial charge in [0.1, 0.15) is 5.82 Å². The van der Waals surface area contributed by atoms with Crippen LogP contribution in [0.25, 0.3) is 0 Å². The lowest BCUT2D eigenvalue weighted by Crippen LogP contribution is -2.21. The number of aromatic amines is 1. The molecular formula is C16H18Cl2FN3O. The number of rotatable bonds is 4. The molecule has 2 heterocycles. The van der Waals surface area contributed by atoms with E-state index in [2.05, 4.69) is 15.1 Å². The van der Waals surface area contributed by atoms with Crippen LogP contribution in [0.15, 0.2) is 18.2 Å². The molecule has 1 aromatic carbocycles. The first-order chi connectivity index (χ1) is 10.9. The topological polar surface area (TPSA) is 52.1 Å². The molecule has 1 saturated heterocycles. The highest BCUT2D eigenvalue weighted by Crippen LogP contribution is 2.28. The molecule has 0 spiro atoms. The Kier molecular flexibility index (Phi) is 4.92. The molecule has 4 nitrogen and oxygen atoms in total. The van der Waals surface area contributed by atoms with Gasteiger partial charge in [-0.1, -0.05) is 23.2 Å². The monoisotopic (exact) mass is 357 g/mol. The highest BCUT2D eigenvalue weighted by Gasteiger charge is 2.32. The SMILES string of the molecule is Cc1cc(C[C@@H]2CN(Cc3cc(F)c(Cl)cc3Cl)C[C@H]2O)n[nH]1. The summed E-state index contributed by atoms with van der Waals surface area (Å²) in [5, 5.41) is 17.9. The van der Waals surface area contributed by atoms with Gasteiger partial charge >= 0.3 is 0 Å². The second-order valence-electron chi connectivity index (χ2n) is 6.13. The highest BCUT2D eigenvalue weighted by atomic mass is 35.5. The average molecular weight is 358 g/mol. The van der Waals surface area contributed by atoms with E-state index in [9.17, 15) is 9.50 Å². The van der Waals surface area contributed by atoms with E-state index in [0.29, 0.717) is 36.6 Å². The Labute approximate surface area is 144 Å². The predicted molar refractivity (Wildman–Crippen MR) is 88.2 cm³/mol. The number of aliphatic hydroxyl groups is 1. The molecule has 23 heavy (non-hydrogen) atoms. The summed E-state index contributed by atoms with van der Waals surface area (Å²) in [6, 6.07) is 4.77. The number of hydrogen-bond donors (Lipinski definition) is 2. The molecule has 1 aliphatic heterocycles. The van der Waals surface area contributed by atoms with E-state index < -0.39 is 11.9 Å². The van der Waals surface area contributed by atoms with Crippen LogP contribution in [0.4, 0.5) is 4.39 Å². The number of hydrogen-bond acceptors (Lipinski definition) is 3. The average Bonchev–Trinajstić information content (AvgIpc) is 3.03. The first-order valence-electron chi connectivity index (χ1n) is 7.47. The molecule has 3 rings (SSSR count). The van der Waals surface area contributed by atoms with E-state index in [1.165, 1.54) is 12.1 Å². The fraction of sp³-hybridized carbons (Fsp3) is 0.438. The molecule has 2 N–H and O–H groups in total. The van der Waals surface area contributed by atoms with Gasteiger partial charge in [-0.3, -0.25) is 10.00 Å². The third-order valence-corrected chi connectivity index (χ3v) is 4.84. The van der Waals surface area contributed by atoms with Crippen LogP contribution in [0.5, 0.6) is 0 Å². The van der Waals surface area contributed by atoms with Crippen molar-refractivity contribution in [2.45, 2.75) is 26.0 Å². The normalized spacial score (nSPS) is 22.0. The summed E-state index contributed by atoms with van der Waals surface area (Å²) in [7, 11) is 0. The zero-order valence-corrected chi connectivity index (χ0v) is 14.2. The number of β-amino-alcohol motifs (C(OH)–C–C–N with tert-alkyl or cyclic N) is 1. The van der Waals surface area contributed by atoms with Gasteiger partial charge in [-0.2, -0.15) is 5.10 Å². The van der Waals surface area contributed by atoms with Gasteiger partial charge in [0.05, 0.1) is 16.8 Å². The Hall–Kier alpha value is -1.14. The number of H-pyrrole nitrogens is 1. The number of halogens is 3. The summed E-state index contributed by atoms with van der Waals surface area (Å²) < 4.78 is 13.6. The van der Waals surface area contributed by atoms with E-state index >= 15 is 0 Å². The van der Waals surface area contributed by atoms with Crippen LogP contribution in [0.3, 0.4) is 0 Å². The Morgan fingerprint density at radius 2 is 2.09 bits per heavy atom. The smallest absolute Gasteiger partial charge is 0.142 e. The summed E-state index contributed by atoms with van der Waals surface area (Å²) in [6.07, 6.45) is 0.285. The van der Waals surface area contributed by atoms with Crippen molar-refractivity contribution in [3.05, 3.63) is 51.0 Å². The zero-order chi connectivity index (χ0) is 16.6. The fourth-order valence-corrected chi connectivity index (χ4v) is 3.49. The van der Waals surface area contributed by atoms with Crippen LogP contribution in [0.2, 0.25) is 10.0 Å². The molecule has 7 heteroatoms. The third kappa shape index (κ3) is 3.86. The van der Waals surface area contributed by atoms with E-state index in [0.717, 1.165) is 11.4 Å². The molecule has 2 atom stereocenters. The second-order valence-corrected chi connectivity index (χ2v) is 6.94. The molecule has 0 unspecified atom stereocenters. The van der Waals surface area contributed by atoms with Gasteiger partial charge in [0.2, 0.25) is 0 Å². The number of aromatic nitrogens is 2. The van der Waals surface area contributed by atoms with Crippen molar-refractivity contribution in [1.82, 2.24) is 15.1 Å². The largest absolute Gasteiger partial charge is 0.391 e. The van der Waals surface area contributed by atoms with Crippen molar-refractivity contribution in [3.63, 3.8) is 0 Å². The van der Waals surface area contributed by atoms with Crippen LogP contribution in [-0.2, 0) is 13.0 Å². The molecule has 0 bridgehead atoms. The minimum Gasteiger partial charge on any atom is -0.391 e. The lowest BCUT2D eigenvalue weighted by Gasteiger charge is -2.16. The number of nitrogens with one attached hydrogen (secondary N) is 1. The first-order valence-corrected chi connectivity index (χ1v) is 8.22. The lowest BCUT2D eigenvalue weighted by molar-refractivity contribution is 0.140. The second kappa shape index (κ2) is 6.77. The molecule has 124 valence electrons. The van der Waals surface area contributed by atoms with Crippen molar-refractivity contribution in [2.24, 2.45) is 5.92 Å². The van der Waals surface area contributed by atoms with Crippen molar-refractivity contribution in [3.8, 4) is 0 Å². The maximum Gasteiger partial charge on any atom is 0.142 e. The molecule has 0 amide bonds. The van der Waals surface area contributed by atoms with E-state index in [1.807, 2.05) is 13.0 Å². The fourth-order valence-electron chi connectivity index (χ4n) is 3.04. The van der Waals surface area contributed by atoms with Gasteiger partial charge in [-0.05, 0) is 37.1 Å². The molecule has 0 aliphatic carbocycles. The highest BCUT2D eigenvalue weighted by molar-refractivity contribution is 6.35. The number of nitrogens with zero attached hydrogens (tertiary/aromatic N) is 2. The van der Waals surface area contributed by atoms with Crippen molar-refractivity contribution in [2.75, 3.05) is 13.1 Å². The van der Waals surface area contributed by atoms with Crippen LogP contribution in [0.1, 0.15) is 17.0 Å². The molecular weight excluding hydrogens is 340 g/mol. The molecule has 0 saturated carbocycles. The summed E-state index contributed by atoms with van der Waals surface area (Å²) in [4.78, 5) is 2.07. The van der Waals surface area contributed by atoms with E-state index in [1.54, 1.807) is 0 Å². The summed E-state index contributed by atoms with van der Waals surface area (Å²) in [6.45, 7) is 3.69. The van der Waals surface area contributed by atoms with E-state index in [-0.39, 0.29) is 10.9 Å². The number of aryl methyl sites for hydroxylation is 1. The van der Waals surface area contributed by atoms with E-state index in [4.69, 9.17) is 23.2 Å². The number of aliphatic hydroxyl groups excluding tert-OH is 1. The van der Waals surface area contributed by atoms with Crippen LogP contribution in [-0.4, -0.2) is 39.4 Å². The Balaban J connectivity index is 1.65. The minimum absolute atomic E-state index is 0.0204. The van der Waals surface area contributed by atoms with Gasteiger partial charge in [0.25, 0.3) is 0 Å². The minimum atomic E-state index is -0.477. The zero-order valence-electron chi connectivity index (χ0n) is 12.7. The van der Waals surface area contributed by atoms with Gasteiger partial charge in [-0.15, -0.1) is 0 Å². The molecule has 1 aliphatic rings. The Bertz CT molecular complexity index is 707.